The fourth-order valence-corrected chi connectivity index (χ4v) is 4.09. The van der Waals surface area contributed by atoms with Gasteiger partial charge in [-0.05, 0) is 38.3 Å². The predicted molar refractivity (Wildman–Crippen MR) is 129 cm³/mol. The van der Waals surface area contributed by atoms with Crippen molar-refractivity contribution in [1.29, 1.82) is 0 Å². The summed E-state index contributed by atoms with van der Waals surface area (Å²) in [5, 5.41) is 6.99. The first-order chi connectivity index (χ1) is 13.7. The minimum Gasteiger partial charge on any atom is -0.381 e. The van der Waals surface area contributed by atoms with E-state index in [9.17, 15) is 0 Å². The Morgan fingerprint density at radius 3 is 2.62 bits per heavy atom. The first-order valence-electron chi connectivity index (χ1n) is 10.6. The van der Waals surface area contributed by atoms with E-state index >= 15 is 0 Å². The normalized spacial score (nSPS) is 21.5. The minimum absolute atomic E-state index is 0. The van der Waals surface area contributed by atoms with Gasteiger partial charge in [-0.25, -0.2) is 4.99 Å². The number of hydrogen-bond acceptors (Lipinski definition) is 4. The first-order valence-corrected chi connectivity index (χ1v) is 10.6. The maximum absolute atomic E-state index is 5.68. The van der Waals surface area contributed by atoms with Crippen LogP contribution in [0.15, 0.2) is 23.2 Å². The van der Waals surface area contributed by atoms with Gasteiger partial charge < -0.3 is 20.1 Å². The Hall–Kier alpha value is -0.900. The number of hydrogen-bond donors (Lipinski definition) is 2. The second-order valence-electron chi connectivity index (χ2n) is 7.85. The van der Waals surface area contributed by atoms with Crippen LogP contribution in [0.25, 0.3) is 0 Å². The molecule has 6 nitrogen and oxygen atoms in total. The summed E-state index contributed by atoms with van der Waals surface area (Å²) in [6, 6.07) is 7.02. The molecule has 0 aliphatic carbocycles. The number of nitrogens with one attached hydrogen (secondary N) is 2. The Morgan fingerprint density at radius 1 is 1.17 bits per heavy atom. The minimum atomic E-state index is 0. The number of rotatable bonds is 7. The molecule has 0 aromatic heterocycles. The molecule has 2 unspecified atom stereocenters. The molecule has 2 aliphatic heterocycles. The summed E-state index contributed by atoms with van der Waals surface area (Å²) < 4.78 is 11.2. The van der Waals surface area contributed by atoms with E-state index in [1.165, 1.54) is 16.7 Å². The van der Waals surface area contributed by atoms with Crippen LogP contribution in [0, 0.1) is 19.8 Å². The van der Waals surface area contributed by atoms with Crippen LogP contribution >= 0.6 is 24.0 Å². The molecular formula is C22H37IN4O2. The third-order valence-electron chi connectivity index (χ3n) is 5.75. The molecule has 2 saturated heterocycles. The molecule has 7 heteroatoms. The molecule has 2 fully saturated rings. The van der Waals surface area contributed by atoms with E-state index in [0.717, 1.165) is 65.0 Å². The monoisotopic (exact) mass is 516 g/mol. The van der Waals surface area contributed by atoms with Crippen LogP contribution < -0.4 is 10.6 Å². The summed E-state index contributed by atoms with van der Waals surface area (Å²) in [4.78, 5) is 7.40. The summed E-state index contributed by atoms with van der Waals surface area (Å²) in [6.45, 7) is 14.2. The smallest absolute Gasteiger partial charge is 0.191 e. The predicted octanol–water partition coefficient (Wildman–Crippen LogP) is 2.71. The topological polar surface area (TPSA) is 58.1 Å². The lowest BCUT2D eigenvalue weighted by Crippen LogP contribution is -2.53. The highest BCUT2D eigenvalue weighted by Gasteiger charge is 2.31. The number of guanidine groups is 1. The van der Waals surface area contributed by atoms with E-state index in [2.05, 4.69) is 54.5 Å². The number of aliphatic imine (C=N–C) groups is 1. The number of benzene rings is 1. The number of ether oxygens (including phenoxy) is 2. The fraction of sp³-hybridized carbons (Fsp3) is 0.682. The summed E-state index contributed by atoms with van der Waals surface area (Å²) in [5.74, 6) is 1.47. The van der Waals surface area contributed by atoms with Crippen molar-refractivity contribution in [3.8, 4) is 0 Å². The van der Waals surface area contributed by atoms with Gasteiger partial charge in [-0.3, -0.25) is 4.90 Å². The van der Waals surface area contributed by atoms with Crippen molar-refractivity contribution >= 4 is 29.9 Å². The number of nitrogens with zero attached hydrogens (tertiary/aromatic N) is 2. The largest absolute Gasteiger partial charge is 0.381 e. The van der Waals surface area contributed by atoms with Gasteiger partial charge in [0.2, 0.25) is 0 Å². The summed E-state index contributed by atoms with van der Waals surface area (Å²) in [7, 11) is 0. The second kappa shape index (κ2) is 12.7. The van der Waals surface area contributed by atoms with Crippen molar-refractivity contribution in [1.82, 2.24) is 15.5 Å². The lowest BCUT2D eigenvalue weighted by molar-refractivity contribution is 0.00246. The van der Waals surface area contributed by atoms with Gasteiger partial charge in [0.1, 0.15) is 0 Å². The van der Waals surface area contributed by atoms with E-state index in [4.69, 9.17) is 14.5 Å². The zero-order chi connectivity index (χ0) is 19.8. The van der Waals surface area contributed by atoms with E-state index in [1.54, 1.807) is 0 Å². The maximum Gasteiger partial charge on any atom is 0.191 e. The van der Waals surface area contributed by atoms with Gasteiger partial charge in [0.15, 0.2) is 5.96 Å². The molecule has 0 spiro atoms. The molecule has 0 saturated carbocycles. The highest BCUT2D eigenvalue weighted by atomic mass is 127. The fourth-order valence-electron chi connectivity index (χ4n) is 4.09. The summed E-state index contributed by atoms with van der Waals surface area (Å²) in [6.07, 6.45) is 1.14. The van der Waals surface area contributed by atoms with Gasteiger partial charge in [-0.1, -0.05) is 23.8 Å². The molecule has 2 N–H and O–H groups in total. The lowest BCUT2D eigenvalue weighted by atomic mass is 9.97. The van der Waals surface area contributed by atoms with Crippen molar-refractivity contribution in [2.45, 2.75) is 39.8 Å². The van der Waals surface area contributed by atoms with E-state index < -0.39 is 0 Å². The Balaban J connectivity index is 0.00000300. The standard InChI is InChI=1S/C22H36N4O2.HI/c1-4-23-22(24-14-19-6-5-17(2)13-18(19)3)25-15-21(20-7-10-28-16-20)26-8-11-27-12-9-26;/h5-6,13,20-21H,4,7-12,14-16H2,1-3H3,(H2,23,24,25);1H. The third-order valence-corrected chi connectivity index (χ3v) is 5.75. The molecule has 0 bridgehead atoms. The van der Waals surface area contributed by atoms with E-state index in [0.29, 0.717) is 18.5 Å². The zero-order valence-electron chi connectivity index (χ0n) is 18.1. The highest BCUT2D eigenvalue weighted by Crippen LogP contribution is 2.22. The second-order valence-corrected chi connectivity index (χ2v) is 7.85. The molecule has 2 atom stereocenters. The molecule has 164 valence electrons. The van der Waals surface area contributed by atoms with Crippen LogP contribution in [-0.4, -0.2) is 69.5 Å². The molecule has 0 radical (unpaired) electrons. The molecule has 2 heterocycles. The van der Waals surface area contributed by atoms with Crippen LogP contribution in [0.1, 0.15) is 30.0 Å². The van der Waals surface area contributed by atoms with E-state index in [-0.39, 0.29) is 24.0 Å². The van der Waals surface area contributed by atoms with Crippen LogP contribution in [-0.2, 0) is 16.0 Å². The van der Waals surface area contributed by atoms with Gasteiger partial charge in [0.25, 0.3) is 0 Å². The highest BCUT2D eigenvalue weighted by molar-refractivity contribution is 14.0. The first kappa shape index (κ1) is 24.4. The number of morpholine rings is 1. The van der Waals surface area contributed by atoms with Crippen LogP contribution in [0.5, 0.6) is 0 Å². The average Bonchev–Trinajstić information content (AvgIpc) is 3.22. The van der Waals surface area contributed by atoms with Crippen LogP contribution in [0.3, 0.4) is 0 Å². The van der Waals surface area contributed by atoms with Gasteiger partial charge in [-0.15, -0.1) is 24.0 Å². The summed E-state index contributed by atoms with van der Waals surface area (Å²) >= 11 is 0. The van der Waals surface area contributed by atoms with Crippen LogP contribution in [0.4, 0.5) is 0 Å². The van der Waals surface area contributed by atoms with Crippen molar-refractivity contribution in [3.63, 3.8) is 0 Å². The quantitative estimate of drug-likeness (QED) is 0.332. The van der Waals surface area contributed by atoms with Gasteiger partial charge >= 0.3 is 0 Å². The molecule has 29 heavy (non-hydrogen) atoms. The van der Waals surface area contributed by atoms with Gasteiger partial charge in [0.05, 0.1) is 26.4 Å². The van der Waals surface area contributed by atoms with Crippen molar-refractivity contribution in [2.75, 3.05) is 52.6 Å². The maximum atomic E-state index is 5.68. The van der Waals surface area contributed by atoms with Crippen molar-refractivity contribution in [2.24, 2.45) is 10.9 Å². The zero-order valence-corrected chi connectivity index (χ0v) is 20.4. The van der Waals surface area contributed by atoms with Crippen molar-refractivity contribution < 1.29 is 9.47 Å². The molecule has 1 aromatic rings. The van der Waals surface area contributed by atoms with Crippen molar-refractivity contribution in [3.05, 3.63) is 34.9 Å². The van der Waals surface area contributed by atoms with Crippen LogP contribution in [0.2, 0.25) is 0 Å². The summed E-state index contributed by atoms with van der Waals surface area (Å²) in [5.41, 5.74) is 3.87. The molecule has 3 rings (SSSR count). The Labute approximate surface area is 192 Å². The number of aryl methyl sites for hydroxylation is 2. The Bertz CT molecular complexity index is 644. The average molecular weight is 516 g/mol. The molecular weight excluding hydrogens is 479 g/mol. The Kier molecular flexibility index (Phi) is 10.7. The Morgan fingerprint density at radius 2 is 1.97 bits per heavy atom. The molecule has 1 aromatic carbocycles. The SMILES string of the molecule is CCNC(=NCc1ccc(C)cc1C)NCC(C1CCOC1)N1CCOCC1.I. The van der Waals surface area contributed by atoms with Gasteiger partial charge in [0, 0.05) is 44.7 Å². The molecule has 0 amide bonds. The lowest BCUT2D eigenvalue weighted by Gasteiger charge is -2.37. The third kappa shape index (κ3) is 7.38. The molecule has 2 aliphatic rings. The number of halogens is 1. The van der Waals surface area contributed by atoms with Gasteiger partial charge in [-0.2, -0.15) is 0 Å². The van der Waals surface area contributed by atoms with E-state index in [1.807, 2.05) is 0 Å².